The number of phenols is 1. The van der Waals surface area contributed by atoms with Crippen LogP contribution in [0.4, 0.5) is 0 Å². The lowest BCUT2D eigenvalue weighted by molar-refractivity contribution is 0.318. The molecule has 3 rings (SSSR count). The summed E-state index contributed by atoms with van der Waals surface area (Å²) in [5.41, 5.74) is 3.05. The first-order chi connectivity index (χ1) is 12.1. The van der Waals surface area contributed by atoms with Gasteiger partial charge in [-0.3, -0.25) is 0 Å². The summed E-state index contributed by atoms with van der Waals surface area (Å²) >= 11 is 0. The third-order valence-electron chi connectivity index (χ3n) is 4.52. The molecule has 0 saturated carbocycles. The van der Waals surface area contributed by atoms with Crippen LogP contribution in [0.15, 0.2) is 24.3 Å². The molecular weight excluding hydrogens is 322 g/mol. The Morgan fingerprint density at radius 2 is 1.64 bits per heavy atom. The van der Waals surface area contributed by atoms with Crippen LogP contribution in [-0.2, 0) is 6.42 Å². The largest absolute Gasteiger partial charge is 0.504 e. The number of ether oxygens (including phenoxy) is 4. The van der Waals surface area contributed by atoms with Crippen molar-refractivity contribution in [2.45, 2.75) is 12.5 Å². The van der Waals surface area contributed by atoms with Crippen LogP contribution in [0.5, 0.6) is 28.7 Å². The molecular formula is C19H23NO5. The number of fused-ring (bicyclic) bond motifs is 1. The summed E-state index contributed by atoms with van der Waals surface area (Å²) in [6.07, 6.45) is 0.852. The molecule has 0 fully saturated rings. The van der Waals surface area contributed by atoms with Gasteiger partial charge < -0.3 is 29.4 Å². The Morgan fingerprint density at radius 1 is 0.920 bits per heavy atom. The van der Waals surface area contributed by atoms with Crippen molar-refractivity contribution in [3.05, 3.63) is 41.0 Å². The van der Waals surface area contributed by atoms with Crippen LogP contribution in [0.25, 0.3) is 0 Å². The minimum Gasteiger partial charge on any atom is -0.504 e. The molecule has 2 aromatic carbocycles. The maximum Gasteiger partial charge on any atom is 0.203 e. The van der Waals surface area contributed by atoms with E-state index in [9.17, 15) is 5.11 Å². The van der Waals surface area contributed by atoms with E-state index >= 15 is 0 Å². The topological polar surface area (TPSA) is 69.2 Å². The summed E-state index contributed by atoms with van der Waals surface area (Å²) in [6, 6.07) is 7.26. The van der Waals surface area contributed by atoms with Crippen LogP contribution >= 0.6 is 0 Å². The Morgan fingerprint density at radius 3 is 2.24 bits per heavy atom. The van der Waals surface area contributed by atoms with Gasteiger partial charge in [-0.2, -0.15) is 0 Å². The Labute approximate surface area is 147 Å². The van der Waals surface area contributed by atoms with Crippen molar-refractivity contribution < 1.29 is 24.1 Å². The van der Waals surface area contributed by atoms with Gasteiger partial charge in [0.25, 0.3) is 0 Å². The van der Waals surface area contributed by atoms with E-state index in [1.54, 1.807) is 33.5 Å². The van der Waals surface area contributed by atoms with Crippen LogP contribution in [0.3, 0.4) is 0 Å². The molecule has 25 heavy (non-hydrogen) atoms. The molecule has 0 aliphatic carbocycles. The van der Waals surface area contributed by atoms with Gasteiger partial charge in [-0.1, -0.05) is 6.07 Å². The number of nitrogens with one attached hydrogen (secondary N) is 1. The molecule has 1 heterocycles. The van der Waals surface area contributed by atoms with E-state index in [1.807, 2.05) is 12.1 Å². The van der Waals surface area contributed by atoms with Gasteiger partial charge in [-0.25, -0.2) is 0 Å². The molecule has 0 aromatic heterocycles. The van der Waals surface area contributed by atoms with Crippen LogP contribution in [0.1, 0.15) is 22.7 Å². The molecule has 0 bridgehead atoms. The van der Waals surface area contributed by atoms with Crippen LogP contribution in [0, 0.1) is 0 Å². The summed E-state index contributed by atoms with van der Waals surface area (Å²) in [7, 11) is 6.36. The van der Waals surface area contributed by atoms with Crippen molar-refractivity contribution in [2.24, 2.45) is 0 Å². The predicted octanol–water partition coefficient (Wildman–Crippen LogP) is 2.66. The van der Waals surface area contributed by atoms with E-state index < -0.39 is 0 Å². The normalized spacial score (nSPS) is 16.1. The second kappa shape index (κ2) is 7.11. The van der Waals surface area contributed by atoms with Gasteiger partial charge in [0.1, 0.15) is 0 Å². The second-order valence-corrected chi connectivity index (χ2v) is 5.79. The number of hydrogen-bond donors (Lipinski definition) is 2. The first-order valence-corrected chi connectivity index (χ1v) is 8.06. The summed E-state index contributed by atoms with van der Waals surface area (Å²) in [6.45, 7) is 0.809. The van der Waals surface area contributed by atoms with E-state index in [0.717, 1.165) is 29.7 Å². The van der Waals surface area contributed by atoms with Gasteiger partial charge in [0.2, 0.25) is 5.75 Å². The zero-order chi connectivity index (χ0) is 18.0. The third kappa shape index (κ3) is 2.93. The average molecular weight is 345 g/mol. The fourth-order valence-electron chi connectivity index (χ4n) is 3.38. The van der Waals surface area contributed by atoms with Crippen molar-refractivity contribution in [1.82, 2.24) is 5.32 Å². The molecule has 0 saturated heterocycles. The zero-order valence-corrected chi connectivity index (χ0v) is 14.9. The Balaban J connectivity index is 2.17. The number of phenolic OH excluding ortho intramolecular Hbond substituents is 1. The smallest absolute Gasteiger partial charge is 0.203 e. The lowest BCUT2D eigenvalue weighted by Crippen LogP contribution is -2.31. The summed E-state index contributed by atoms with van der Waals surface area (Å²) in [5, 5.41) is 13.6. The van der Waals surface area contributed by atoms with E-state index in [-0.39, 0.29) is 11.8 Å². The molecule has 0 radical (unpaired) electrons. The molecule has 6 nitrogen and oxygen atoms in total. The van der Waals surface area contributed by atoms with Gasteiger partial charge in [0.05, 0.1) is 34.5 Å². The summed E-state index contributed by atoms with van der Waals surface area (Å²) < 4.78 is 21.8. The fourth-order valence-corrected chi connectivity index (χ4v) is 3.38. The molecule has 1 aliphatic heterocycles. The molecule has 2 N–H and O–H groups in total. The molecule has 1 aliphatic rings. The number of benzene rings is 2. The lowest BCUT2D eigenvalue weighted by atomic mass is 9.88. The number of methoxy groups -OCH3 is 4. The second-order valence-electron chi connectivity index (χ2n) is 5.79. The molecule has 6 heteroatoms. The summed E-state index contributed by atoms with van der Waals surface area (Å²) in [5.74, 6) is 2.41. The van der Waals surface area contributed by atoms with Crippen molar-refractivity contribution in [3.63, 3.8) is 0 Å². The Bertz CT molecular complexity index is 775. The maximum atomic E-state index is 10.2. The highest BCUT2D eigenvalue weighted by Gasteiger charge is 2.30. The van der Waals surface area contributed by atoms with Gasteiger partial charge in [-0.15, -0.1) is 0 Å². The standard InChI is InChI=1S/C19H23NO5/c1-22-14-6-5-12(9-13(14)21)17-16-11(7-8-20-17)10-15(23-2)18(24-3)19(16)25-4/h5-6,9-10,17,20-21H,7-8H2,1-4H3. The summed E-state index contributed by atoms with van der Waals surface area (Å²) in [4.78, 5) is 0. The highest BCUT2D eigenvalue weighted by molar-refractivity contribution is 5.62. The van der Waals surface area contributed by atoms with E-state index in [1.165, 1.54) is 7.11 Å². The predicted molar refractivity (Wildman–Crippen MR) is 94.3 cm³/mol. The maximum absolute atomic E-state index is 10.2. The monoisotopic (exact) mass is 345 g/mol. The van der Waals surface area contributed by atoms with E-state index in [2.05, 4.69) is 5.32 Å². The van der Waals surface area contributed by atoms with Crippen molar-refractivity contribution in [2.75, 3.05) is 35.0 Å². The number of hydrogen-bond acceptors (Lipinski definition) is 6. The van der Waals surface area contributed by atoms with E-state index in [4.69, 9.17) is 18.9 Å². The van der Waals surface area contributed by atoms with Gasteiger partial charge >= 0.3 is 0 Å². The highest BCUT2D eigenvalue weighted by atomic mass is 16.5. The molecule has 1 atom stereocenters. The zero-order valence-electron chi connectivity index (χ0n) is 14.9. The minimum absolute atomic E-state index is 0.105. The minimum atomic E-state index is -0.129. The molecule has 1 unspecified atom stereocenters. The molecule has 0 spiro atoms. The lowest BCUT2D eigenvalue weighted by Gasteiger charge is -2.30. The molecule has 0 amide bonds. The fraction of sp³-hybridized carbons (Fsp3) is 0.368. The van der Waals surface area contributed by atoms with Crippen LogP contribution in [0.2, 0.25) is 0 Å². The van der Waals surface area contributed by atoms with E-state index in [0.29, 0.717) is 23.0 Å². The Hall–Kier alpha value is -2.60. The van der Waals surface area contributed by atoms with Gasteiger partial charge in [0.15, 0.2) is 23.0 Å². The van der Waals surface area contributed by atoms with Crippen molar-refractivity contribution in [1.29, 1.82) is 0 Å². The first-order valence-electron chi connectivity index (χ1n) is 8.06. The first kappa shape index (κ1) is 17.2. The molecule has 2 aromatic rings. The van der Waals surface area contributed by atoms with Crippen molar-refractivity contribution in [3.8, 4) is 28.7 Å². The number of rotatable bonds is 5. The van der Waals surface area contributed by atoms with Gasteiger partial charge in [-0.05, 0) is 35.7 Å². The van der Waals surface area contributed by atoms with Crippen molar-refractivity contribution >= 4 is 0 Å². The third-order valence-corrected chi connectivity index (χ3v) is 4.52. The van der Waals surface area contributed by atoms with Crippen LogP contribution in [-0.4, -0.2) is 40.1 Å². The SMILES string of the molecule is COc1ccc(C2NCCc3cc(OC)c(OC)c(OC)c32)cc1O. The Kier molecular flexibility index (Phi) is 4.90. The number of aromatic hydroxyl groups is 1. The highest BCUT2D eigenvalue weighted by Crippen LogP contribution is 2.47. The molecule has 134 valence electrons. The average Bonchev–Trinajstić information content (AvgIpc) is 2.65. The van der Waals surface area contributed by atoms with Crippen LogP contribution < -0.4 is 24.3 Å². The quantitative estimate of drug-likeness (QED) is 0.868. The van der Waals surface area contributed by atoms with Gasteiger partial charge in [0, 0.05) is 12.1 Å².